The first kappa shape index (κ1) is 9.23. The number of rotatable bonds is 2. The number of hydrogen-bond acceptors (Lipinski definition) is 1. The molecule has 0 heterocycles. The second kappa shape index (κ2) is 2.88. The first-order valence-corrected chi connectivity index (χ1v) is 5.75. The Morgan fingerprint density at radius 3 is 1.22 bits per heavy atom. The molecule has 0 amide bonds. The van der Waals surface area contributed by atoms with Gasteiger partial charge < -0.3 is 4.57 Å². The van der Waals surface area contributed by atoms with Crippen molar-refractivity contribution < 1.29 is 4.57 Å². The molecule has 0 fully saturated rings. The molecule has 0 saturated carbocycles. The Morgan fingerprint density at radius 2 is 1.22 bits per heavy atom. The van der Waals surface area contributed by atoms with E-state index >= 15 is 0 Å². The number of hydrogen-bond donors (Lipinski definition) is 0. The van der Waals surface area contributed by atoms with Crippen molar-refractivity contribution in [3.05, 3.63) is 0 Å². The van der Waals surface area contributed by atoms with E-state index < -0.39 is 7.14 Å². The van der Waals surface area contributed by atoms with Crippen molar-refractivity contribution in [3.63, 3.8) is 0 Å². The van der Waals surface area contributed by atoms with Crippen LogP contribution in [0.4, 0.5) is 0 Å². The van der Waals surface area contributed by atoms with Gasteiger partial charge in [-0.2, -0.15) is 0 Å². The van der Waals surface area contributed by atoms with Crippen molar-refractivity contribution in [1.29, 1.82) is 0 Å². The summed E-state index contributed by atoms with van der Waals surface area (Å²) >= 11 is 0. The molecule has 0 aliphatic heterocycles. The molecule has 0 rings (SSSR count). The SMILES string of the molecule is CC(C)P(C)(=O)C(C)C. The van der Waals surface area contributed by atoms with Crippen molar-refractivity contribution in [2.24, 2.45) is 0 Å². The minimum absolute atomic E-state index is 0.345. The minimum Gasteiger partial charge on any atom is -0.323 e. The molecule has 0 unspecified atom stereocenters. The Labute approximate surface area is 58.2 Å². The third-order valence-corrected chi connectivity index (χ3v) is 6.15. The highest BCUT2D eigenvalue weighted by molar-refractivity contribution is 7.64. The predicted molar refractivity (Wildman–Crippen MR) is 43.8 cm³/mol. The van der Waals surface area contributed by atoms with Gasteiger partial charge in [-0.1, -0.05) is 27.7 Å². The summed E-state index contributed by atoms with van der Waals surface area (Å²) in [7, 11) is -1.84. The highest BCUT2D eigenvalue weighted by atomic mass is 31.2. The van der Waals surface area contributed by atoms with Gasteiger partial charge in [-0.15, -0.1) is 0 Å². The van der Waals surface area contributed by atoms with E-state index in [0.29, 0.717) is 11.3 Å². The zero-order chi connectivity index (χ0) is 7.65. The van der Waals surface area contributed by atoms with Crippen LogP contribution in [0.2, 0.25) is 0 Å². The van der Waals surface area contributed by atoms with Crippen LogP contribution in [0.15, 0.2) is 0 Å². The third kappa shape index (κ3) is 2.14. The van der Waals surface area contributed by atoms with E-state index in [0.717, 1.165) is 0 Å². The summed E-state index contributed by atoms with van der Waals surface area (Å²) in [5.41, 5.74) is 0.690. The smallest absolute Gasteiger partial charge is 0.0895 e. The van der Waals surface area contributed by atoms with Gasteiger partial charge in [0.05, 0.1) is 7.14 Å². The fraction of sp³-hybridized carbons (Fsp3) is 1.00. The predicted octanol–water partition coefficient (Wildman–Crippen LogP) is 2.80. The van der Waals surface area contributed by atoms with Crippen LogP contribution in [0.3, 0.4) is 0 Å². The Morgan fingerprint density at radius 1 is 1.00 bits per heavy atom. The molecule has 0 aliphatic rings. The lowest BCUT2D eigenvalue weighted by molar-refractivity contribution is 0.566. The zero-order valence-corrected chi connectivity index (χ0v) is 7.90. The van der Waals surface area contributed by atoms with Gasteiger partial charge in [0.25, 0.3) is 0 Å². The van der Waals surface area contributed by atoms with Crippen LogP contribution in [-0.2, 0) is 4.57 Å². The zero-order valence-electron chi connectivity index (χ0n) is 7.01. The topological polar surface area (TPSA) is 17.1 Å². The average molecular weight is 148 g/mol. The molecule has 0 atom stereocenters. The van der Waals surface area contributed by atoms with Gasteiger partial charge in [-0.05, 0) is 6.66 Å². The van der Waals surface area contributed by atoms with Crippen LogP contribution in [0.25, 0.3) is 0 Å². The monoisotopic (exact) mass is 148 g/mol. The first-order chi connectivity index (χ1) is 3.89. The van der Waals surface area contributed by atoms with E-state index in [2.05, 4.69) is 0 Å². The van der Waals surface area contributed by atoms with Gasteiger partial charge in [0, 0.05) is 11.3 Å². The quantitative estimate of drug-likeness (QED) is 0.550. The Hall–Kier alpha value is 0.230. The van der Waals surface area contributed by atoms with Crippen molar-refractivity contribution in [2.75, 3.05) is 6.66 Å². The Kier molecular flexibility index (Phi) is 2.95. The molecule has 0 N–H and O–H groups in total. The maximum absolute atomic E-state index is 11.6. The van der Waals surface area contributed by atoms with Gasteiger partial charge in [0.1, 0.15) is 0 Å². The molecule has 0 saturated heterocycles. The second-order valence-corrected chi connectivity index (χ2v) is 7.43. The summed E-state index contributed by atoms with van der Waals surface area (Å²) < 4.78 is 11.6. The van der Waals surface area contributed by atoms with E-state index in [9.17, 15) is 4.57 Å². The van der Waals surface area contributed by atoms with Crippen LogP contribution >= 0.6 is 7.14 Å². The highest BCUT2D eigenvalue weighted by Gasteiger charge is 2.23. The lowest BCUT2D eigenvalue weighted by Crippen LogP contribution is -2.06. The summed E-state index contributed by atoms with van der Waals surface area (Å²) in [6.45, 7) is 10.0. The van der Waals surface area contributed by atoms with E-state index in [-0.39, 0.29) is 0 Å². The molecule has 2 heteroatoms. The molecular weight excluding hydrogens is 131 g/mol. The van der Waals surface area contributed by atoms with Gasteiger partial charge in [0.2, 0.25) is 0 Å². The lowest BCUT2D eigenvalue weighted by atomic mass is 10.5. The molecular formula is C7H17OP. The minimum atomic E-state index is -1.84. The van der Waals surface area contributed by atoms with Crippen LogP contribution in [0.1, 0.15) is 27.7 Å². The van der Waals surface area contributed by atoms with E-state index in [1.807, 2.05) is 34.4 Å². The summed E-state index contributed by atoms with van der Waals surface area (Å²) in [5.74, 6) is 0. The van der Waals surface area contributed by atoms with E-state index in [1.165, 1.54) is 0 Å². The molecule has 0 aromatic rings. The van der Waals surface area contributed by atoms with Crippen molar-refractivity contribution >= 4 is 7.14 Å². The van der Waals surface area contributed by atoms with Gasteiger partial charge in [0.15, 0.2) is 0 Å². The second-order valence-electron chi connectivity index (χ2n) is 3.25. The van der Waals surface area contributed by atoms with Gasteiger partial charge in [-0.3, -0.25) is 0 Å². The third-order valence-electron chi connectivity index (χ3n) is 2.05. The Bertz CT molecular complexity index is 115. The summed E-state index contributed by atoms with van der Waals surface area (Å²) in [4.78, 5) is 0. The summed E-state index contributed by atoms with van der Waals surface area (Å²) in [6, 6.07) is 0. The van der Waals surface area contributed by atoms with Crippen molar-refractivity contribution in [2.45, 2.75) is 39.0 Å². The van der Waals surface area contributed by atoms with Crippen molar-refractivity contribution in [3.8, 4) is 0 Å². The molecule has 0 bridgehead atoms. The lowest BCUT2D eigenvalue weighted by Gasteiger charge is -2.20. The Balaban J connectivity index is 4.21. The molecule has 0 aliphatic carbocycles. The van der Waals surface area contributed by atoms with Gasteiger partial charge in [-0.25, -0.2) is 0 Å². The maximum atomic E-state index is 11.6. The molecule has 0 radical (unpaired) electrons. The summed E-state index contributed by atoms with van der Waals surface area (Å²) in [5, 5.41) is 0. The van der Waals surface area contributed by atoms with Crippen LogP contribution in [-0.4, -0.2) is 18.0 Å². The van der Waals surface area contributed by atoms with Gasteiger partial charge >= 0.3 is 0 Å². The average Bonchev–Trinajstić information content (AvgIpc) is 1.65. The van der Waals surface area contributed by atoms with E-state index in [1.54, 1.807) is 0 Å². The molecule has 0 aromatic carbocycles. The fourth-order valence-electron chi connectivity index (χ4n) is 0.596. The molecule has 9 heavy (non-hydrogen) atoms. The fourth-order valence-corrected chi connectivity index (χ4v) is 1.79. The normalized spacial score (nSPS) is 13.2. The maximum Gasteiger partial charge on any atom is 0.0895 e. The standard InChI is InChI=1S/C7H17OP/c1-6(2)9(5,8)7(3)4/h6-7H,1-5H3. The molecule has 56 valence electrons. The first-order valence-electron chi connectivity index (χ1n) is 3.46. The van der Waals surface area contributed by atoms with Crippen molar-refractivity contribution in [1.82, 2.24) is 0 Å². The highest BCUT2D eigenvalue weighted by Crippen LogP contribution is 2.50. The van der Waals surface area contributed by atoms with Crippen LogP contribution < -0.4 is 0 Å². The van der Waals surface area contributed by atoms with Crippen LogP contribution in [0, 0.1) is 0 Å². The summed E-state index contributed by atoms with van der Waals surface area (Å²) in [6.07, 6.45) is 0. The van der Waals surface area contributed by atoms with Crippen LogP contribution in [0.5, 0.6) is 0 Å². The van der Waals surface area contributed by atoms with E-state index in [4.69, 9.17) is 0 Å². The molecule has 0 spiro atoms. The molecule has 0 aromatic heterocycles. The molecule has 1 nitrogen and oxygen atoms in total. The largest absolute Gasteiger partial charge is 0.323 e.